The molecule has 0 saturated carbocycles. The van der Waals surface area contributed by atoms with Gasteiger partial charge in [-0.2, -0.15) is 0 Å². The second-order valence-electron chi connectivity index (χ2n) is 10.9. The summed E-state index contributed by atoms with van der Waals surface area (Å²) < 4.78 is 54.8. The third kappa shape index (κ3) is 7.02. The Morgan fingerprint density at radius 3 is 0.978 bits per heavy atom. The predicted octanol–water partition coefficient (Wildman–Crippen LogP) is 9.13. The summed E-state index contributed by atoms with van der Waals surface area (Å²) in [6.45, 7) is 0. The molecule has 0 saturated heterocycles. The molecule has 4 aromatic rings. The van der Waals surface area contributed by atoms with Gasteiger partial charge in [-0.3, -0.25) is 0 Å². The van der Waals surface area contributed by atoms with Gasteiger partial charge in [0.2, 0.25) is 0 Å². The molecule has 45 heavy (non-hydrogen) atoms. The van der Waals surface area contributed by atoms with Gasteiger partial charge in [0.25, 0.3) is 0 Å². The fourth-order valence-corrected chi connectivity index (χ4v) is 23.3. The standard InChI is InChI=1S/2C17H15O2P2.2ClH.Ti/c2*18-20(14-7-3-1-4-8-14)16-11-12-17(13-16)21(19)15-9-5-2-6-10-15;;;/h2*1-13,20-21H;2*1H;/q;;;;+2/p-2. The Kier molecular flexibility index (Phi) is 10.6. The van der Waals surface area contributed by atoms with E-state index in [2.05, 4.69) is 0 Å². The molecule has 4 nitrogen and oxygen atoms in total. The minimum atomic E-state index is -4.36. The fourth-order valence-electron chi connectivity index (χ4n) is 5.70. The summed E-state index contributed by atoms with van der Waals surface area (Å²) in [5.41, 5.74) is 0. The summed E-state index contributed by atoms with van der Waals surface area (Å²) in [7, 11) is 5.16. The van der Waals surface area contributed by atoms with Crippen molar-refractivity contribution in [2.24, 2.45) is 0 Å². The number of rotatable bonds is 10. The normalized spacial score (nSPS) is 20.8. The van der Waals surface area contributed by atoms with Crippen LogP contribution >= 0.6 is 49.8 Å². The van der Waals surface area contributed by atoms with Gasteiger partial charge in [-0.25, -0.2) is 0 Å². The Morgan fingerprint density at radius 2 is 0.689 bits per heavy atom. The first-order valence-electron chi connectivity index (χ1n) is 14.4. The zero-order valence-electron chi connectivity index (χ0n) is 23.9. The summed E-state index contributed by atoms with van der Waals surface area (Å²) in [5, 5.41) is 4.95. The van der Waals surface area contributed by atoms with E-state index in [0.717, 1.165) is 0 Å². The van der Waals surface area contributed by atoms with Crippen molar-refractivity contribution in [3.05, 3.63) is 167 Å². The van der Waals surface area contributed by atoms with Crippen LogP contribution in [0.1, 0.15) is 0 Å². The molecule has 0 N–H and O–H groups in total. The number of benzene rings is 4. The molecular weight excluding hydrogens is 715 g/mol. The molecule has 6 rings (SSSR count). The van der Waals surface area contributed by atoms with E-state index in [9.17, 15) is 18.3 Å². The van der Waals surface area contributed by atoms with E-state index in [-0.39, 0.29) is 0 Å². The van der Waals surface area contributed by atoms with Crippen LogP contribution in [0.4, 0.5) is 0 Å². The molecule has 0 aliphatic heterocycles. The first-order valence-corrected chi connectivity index (χ1v) is 26.1. The van der Waals surface area contributed by atoms with E-state index in [4.69, 9.17) is 18.6 Å². The van der Waals surface area contributed by atoms with Crippen LogP contribution in [0.25, 0.3) is 0 Å². The van der Waals surface area contributed by atoms with E-state index in [1.54, 1.807) is 12.2 Å². The van der Waals surface area contributed by atoms with Gasteiger partial charge in [0.05, 0.1) is 0 Å². The van der Waals surface area contributed by atoms with Crippen LogP contribution in [0.3, 0.4) is 0 Å². The van der Waals surface area contributed by atoms with Gasteiger partial charge >= 0.3 is 279 Å². The predicted molar refractivity (Wildman–Crippen MR) is 192 cm³/mol. The topological polar surface area (TPSA) is 68.3 Å². The summed E-state index contributed by atoms with van der Waals surface area (Å²) in [4.78, 5) is 0. The third-order valence-electron chi connectivity index (χ3n) is 8.01. The van der Waals surface area contributed by atoms with Crippen LogP contribution < -0.4 is 21.2 Å². The van der Waals surface area contributed by atoms with Crippen molar-refractivity contribution < 1.29 is 32.7 Å². The van der Waals surface area contributed by atoms with Crippen molar-refractivity contribution in [1.29, 1.82) is 0 Å². The Hall–Kier alpha value is -1.95. The van der Waals surface area contributed by atoms with Crippen molar-refractivity contribution in [3.63, 3.8) is 0 Å². The van der Waals surface area contributed by atoms with Gasteiger partial charge in [-0.1, -0.05) is 0 Å². The molecule has 0 amide bonds. The third-order valence-corrected chi connectivity index (χ3v) is 23.9. The second-order valence-corrected chi connectivity index (χ2v) is 28.1. The van der Waals surface area contributed by atoms with Gasteiger partial charge in [0.1, 0.15) is 0 Å². The molecule has 6 unspecified atom stereocenters. The summed E-state index contributed by atoms with van der Waals surface area (Å²) >= 11 is -4.36. The molecule has 6 atom stereocenters. The quantitative estimate of drug-likeness (QED) is 0.120. The van der Waals surface area contributed by atoms with Crippen molar-refractivity contribution >= 4 is 71.0 Å². The Bertz CT molecular complexity index is 1800. The van der Waals surface area contributed by atoms with Crippen molar-refractivity contribution in [2.45, 2.75) is 8.45 Å². The molecule has 4 aromatic carbocycles. The Morgan fingerprint density at radius 1 is 0.422 bits per heavy atom. The van der Waals surface area contributed by atoms with E-state index in [1.807, 2.05) is 133 Å². The van der Waals surface area contributed by atoms with Gasteiger partial charge in [-0.05, 0) is 0 Å². The van der Waals surface area contributed by atoms with E-state index in [0.29, 0.717) is 42.5 Å². The maximum absolute atomic E-state index is 14.2. The van der Waals surface area contributed by atoms with Crippen molar-refractivity contribution in [1.82, 2.24) is 0 Å². The average molecular weight is 745 g/mol. The van der Waals surface area contributed by atoms with Crippen LogP contribution in [0, 0.1) is 0 Å². The number of halogens is 2. The molecule has 228 valence electrons. The Balaban J connectivity index is 1.45. The van der Waals surface area contributed by atoms with Crippen LogP contribution in [0.5, 0.6) is 0 Å². The number of allylic oxidation sites excluding steroid dienone is 8. The number of hydrogen-bond donors (Lipinski definition) is 0. The SMILES string of the molecule is O=[PH](C1=C[CH]([Ti]([Cl])([Cl])[CH]2C=C([PH](=O)c3ccccc3)C=C2[PH](=O)c2ccccc2)C([PH](=O)c2ccccc2)=C1)c1ccccc1. The van der Waals surface area contributed by atoms with Crippen molar-refractivity contribution in [3.8, 4) is 0 Å². The average Bonchev–Trinajstić information content (AvgIpc) is 3.76. The van der Waals surface area contributed by atoms with E-state index in [1.165, 1.54) is 0 Å². The van der Waals surface area contributed by atoms with Crippen LogP contribution in [-0.2, 0) is 32.7 Å². The molecule has 2 aliphatic carbocycles. The van der Waals surface area contributed by atoms with Gasteiger partial charge in [0.15, 0.2) is 0 Å². The molecule has 11 heteroatoms. The molecule has 0 bridgehead atoms. The van der Waals surface area contributed by atoms with Gasteiger partial charge in [0, 0.05) is 0 Å². The van der Waals surface area contributed by atoms with Crippen LogP contribution in [0.2, 0.25) is 8.45 Å². The maximum atomic E-state index is 14.2. The molecular formula is C34H30Cl2O4P4Ti. The fraction of sp³-hybridized carbons (Fsp3) is 0.0588. The molecule has 0 fully saturated rings. The molecule has 0 heterocycles. The monoisotopic (exact) mass is 744 g/mol. The van der Waals surface area contributed by atoms with E-state index < -0.39 is 54.1 Å². The Labute approximate surface area is 277 Å². The van der Waals surface area contributed by atoms with Gasteiger partial charge < -0.3 is 0 Å². The number of hydrogen-bond acceptors (Lipinski definition) is 4. The molecule has 2 aliphatic rings. The minimum absolute atomic E-state index is 0.566. The molecule has 0 spiro atoms. The zero-order chi connectivity index (χ0) is 31.6. The first-order chi connectivity index (χ1) is 21.8. The van der Waals surface area contributed by atoms with Crippen LogP contribution in [0.15, 0.2) is 167 Å². The summed E-state index contributed by atoms with van der Waals surface area (Å²) in [6.07, 6.45) is 7.24. The second kappa shape index (κ2) is 14.4. The van der Waals surface area contributed by atoms with Gasteiger partial charge in [-0.15, -0.1) is 0 Å². The summed E-state index contributed by atoms with van der Waals surface area (Å²) in [6, 6.07) is 36.7. The summed E-state index contributed by atoms with van der Waals surface area (Å²) in [5.74, 6) is 0. The van der Waals surface area contributed by atoms with Crippen molar-refractivity contribution in [2.75, 3.05) is 0 Å². The molecule has 0 aromatic heterocycles. The zero-order valence-corrected chi connectivity index (χ0v) is 31.0. The van der Waals surface area contributed by atoms with E-state index >= 15 is 0 Å². The van der Waals surface area contributed by atoms with Crippen LogP contribution in [-0.4, -0.2) is 0 Å². The first kappa shape index (κ1) is 33.0. The molecule has 0 radical (unpaired) electrons.